The van der Waals surface area contributed by atoms with E-state index < -0.39 is 4.92 Å². The standard InChI is InChI=1S/C8H11N3O2.ClH/c1-9-10-6-7-2-4-8(5-3-7)11(12)13;/h2-5,9-10H,6H2,1H3;1H. The minimum Gasteiger partial charge on any atom is -0.261 e. The lowest BCUT2D eigenvalue weighted by atomic mass is 10.2. The number of nitrogens with one attached hydrogen (secondary N) is 2. The number of rotatable bonds is 4. The first-order valence-corrected chi connectivity index (χ1v) is 3.87. The summed E-state index contributed by atoms with van der Waals surface area (Å²) in [6, 6.07) is 6.43. The third-order valence-electron chi connectivity index (χ3n) is 1.62. The summed E-state index contributed by atoms with van der Waals surface area (Å²) in [4.78, 5) is 9.90. The maximum absolute atomic E-state index is 10.3. The number of halogens is 1. The Morgan fingerprint density at radius 3 is 2.36 bits per heavy atom. The average molecular weight is 218 g/mol. The van der Waals surface area contributed by atoms with Crippen molar-refractivity contribution < 1.29 is 4.92 Å². The fourth-order valence-electron chi connectivity index (χ4n) is 0.926. The zero-order chi connectivity index (χ0) is 9.68. The van der Waals surface area contributed by atoms with E-state index in [0.29, 0.717) is 6.54 Å². The predicted octanol–water partition coefficient (Wildman–Crippen LogP) is 1.24. The van der Waals surface area contributed by atoms with Crippen molar-refractivity contribution in [2.45, 2.75) is 6.54 Å². The highest BCUT2D eigenvalue weighted by Crippen LogP contribution is 2.11. The highest BCUT2D eigenvalue weighted by Gasteiger charge is 2.02. The lowest BCUT2D eigenvalue weighted by Crippen LogP contribution is -2.26. The van der Waals surface area contributed by atoms with Crippen LogP contribution in [-0.2, 0) is 6.54 Å². The summed E-state index contributed by atoms with van der Waals surface area (Å²) in [5, 5.41) is 10.3. The third kappa shape index (κ3) is 3.69. The van der Waals surface area contributed by atoms with Crippen LogP contribution in [0.15, 0.2) is 24.3 Å². The highest BCUT2D eigenvalue weighted by atomic mass is 35.5. The van der Waals surface area contributed by atoms with Gasteiger partial charge in [0.05, 0.1) is 4.92 Å². The van der Waals surface area contributed by atoms with Crippen LogP contribution in [0.5, 0.6) is 0 Å². The second-order valence-corrected chi connectivity index (χ2v) is 2.53. The van der Waals surface area contributed by atoms with Crippen LogP contribution >= 0.6 is 12.4 Å². The molecule has 0 fully saturated rings. The Kier molecular flexibility index (Phi) is 5.78. The molecule has 0 heterocycles. The van der Waals surface area contributed by atoms with Crippen LogP contribution in [0, 0.1) is 10.1 Å². The number of benzene rings is 1. The Balaban J connectivity index is 0.00000169. The van der Waals surface area contributed by atoms with Crippen molar-refractivity contribution in [2.75, 3.05) is 7.05 Å². The van der Waals surface area contributed by atoms with Crippen LogP contribution in [0.4, 0.5) is 5.69 Å². The molecule has 78 valence electrons. The van der Waals surface area contributed by atoms with Crippen molar-refractivity contribution in [3.05, 3.63) is 39.9 Å². The molecule has 14 heavy (non-hydrogen) atoms. The number of hydrogen-bond acceptors (Lipinski definition) is 4. The van der Waals surface area contributed by atoms with Gasteiger partial charge in [-0.1, -0.05) is 12.1 Å². The van der Waals surface area contributed by atoms with E-state index in [0.717, 1.165) is 5.56 Å². The van der Waals surface area contributed by atoms with Crippen LogP contribution < -0.4 is 10.9 Å². The minimum absolute atomic E-state index is 0. The van der Waals surface area contributed by atoms with Crippen LogP contribution in [-0.4, -0.2) is 12.0 Å². The Bertz CT molecular complexity index is 289. The molecule has 0 atom stereocenters. The van der Waals surface area contributed by atoms with Gasteiger partial charge >= 0.3 is 0 Å². The summed E-state index contributed by atoms with van der Waals surface area (Å²) in [7, 11) is 1.77. The first kappa shape index (κ1) is 12.8. The maximum atomic E-state index is 10.3. The number of nitrogens with zero attached hydrogens (tertiary/aromatic N) is 1. The maximum Gasteiger partial charge on any atom is 0.269 e. The topological polar surface area (TPSA) is 67.2 Å². The van der Waals surface area contributed by atoms with E-state index >= 15 is 0 Å². The predicted molar refractivity (Wildman–Crippen MR) is 56.2 cm³/mol. The van der Waals surface area contributed by atoms with E-state index in [4.69, 9.17) is 0 Å². The van der Waals surface area contributed by atoms with Crippen molar-refractivity contribution in [1.82, 2.24) is 10.9 Å². The molecule has 1 rings (SSSR count). The fourth-order valence-corrected chi connectivity index (χ4v) is 0.926. The lowest BCUT2D eigenvalue weighted by molar-refractivity contribution is -0.384. The molecule has 0 aliphatic rings. The molecule has 0 spiro atoms. The van der Waals surface area contributed by atoms with Gasteiger partial charge in [-0.25, -0.2) is 0 Å². The van der Waals surface area contributed by atoms with Crippen LogP contribution in [0.3, 0.4) is 0 Å². The minimum atomic E-state index is -0.407. The average Bonchev–Trinajstić information content (AvgIpc) is 2.15. The fraction of sp³-hybridized carbons (Fsp3) is 0.250. The second-order valence-electron chi connectivity index (χ2n) is 2.53. The van der Waals surface area contributed by atoms with E-state index in [1.54, 1.807) is 19.2 Å². The van der Waals surface area contributed by atoms with Crippen molar-refractivity contribution in [3.63, 3.8) is 0 Å². The number of nitro benzene ring substituents is 1. The summed E-state index contributed by atoms with van der Waals surface area (Å²) in [6.45, 7) is 0.647. The molecule has 0 radical (unpaired) electrons. The number of hydrazine groups is 1. The van der Waals surface area contributed by atoms with Crippen LogP contribution in [0.25, 0.3) is 0 Å². The normalized spacial score (nSPS) is 9.21. The Morgan fingerprint density at radius 2 is 1.93 bits per heavy atom. The van der Waals surface area contributed by atoms with E-state index in [-0.39, 0.29) is 18.1 Å². The lowest BCUT2D eigenvalue weighted by Gasteiger charge is -2.01. The van der Waals surface area contributed by atoms with Crippen molar-refractivity contribution in [2.24, 2.45) is 0 Å². The molecular weight excluding hydrogens is 206 g/mol. The van der Waals surface area contributed by atoms with Gasteiger partial charge in [-0.15, -0.1) is 12.4 Å². The van der Waals surface area contributed by atoms with E-state index in [1.165, 1.54) is 12.1 Å². The quantitative estimate of drug-likeness (QED) is 0.588. The van der Waals surface area contributed by atoms with Gasteiger partial charge in [0.15, 0.2) is 0 Å². The highest BCUT2D eigenvalue weighted by molar-refractivity contribution is 5.85. The van der Waals surface area contributed by atoms with E-state index in [2.05, 4.69) is 10.9 Å². The van der Waals surface area contributed by atoms with Crippen LogP contribution in [0.2, 0.25) is 0 Å². The van der Waals surface area contributed by atoms with Gasteiger partial charge in [0.2, 0.25) is 0 Å². The molecule has 0 saturated carbocycles. The van der Waals surface area contributed by atoms with Crippen molar-refractivity contribution >= 4 is 18.1 Å². The van der Waals surface area contributed by atoms with E-state index in [1.807, 2.05) is 0 Å². The van der Waals surface area contributed by atoms with E-state index in [9.17, 15) is 10.1 Å². The van der Waals surface area contributed by atoms with Gasteiger partial charge in [-0.05, 0) is 12.6 Å². The van der Waals surface area contributed by atoms with Gasteiger partial charge in [0, 0.05) is 18.7 Å². The number of hydrogen-bond donors (Lipinski definition) is 2. The molecular formula is C8H12ClN3O2. The SMILES string of the molecule is CNNCc1ccc([N+](=O)[O-])cc1.Cl. The molecule has 0 unspecified atom stereocenters. The van der Waals surface area contributed by atoms with Gasteiger partial charge < -0.3 is 0 Å². The van der Waals surface area contributed by atoms with Crippen LogP contribution in [0.1, 0.15) is 5.56 Å². The molecule has 0 saturated heterocycles. The zero-order valence-electron chi connectivity index (χ0n) is 7.69. The molecule has 0 aliphatic heterocycles. The first-order chi connectivity index (χ1) is 6.24. The van der Waals surface area contributed by atoms with Gasteiger partial charge in [-0.2, -0.15) is 0 Å². The zero-order valence-corrected chi connectivity index (χ0v) is 8.50. The largest absolute Gasteiger partial charge is 0.269 e. The monoisotopic (exact) mass is 217 g/mol. The molecule has 1 aromatic rings. The summed E-state index contributed by atoms with van der Waals surface area (Å²) >= 11 is 0. The summed E-state index contributed by atoms with van der Waals surface area (Å²) in [5.74, 6) is 0. The van der Waals surface area contributed by atoms with Gasteiger partial charge in [-0.3, -0.25) is 21.0 Å². The smallest absolute Gasteiger partial charge is 0.261 e. The number of non-ortho nitro benzene ring substituents is 1. The molecule has 0 aromatic heterocycles. The second kappa shape index (κ2) is 6.31. The molecule has 1 aromatic carbocycles. The molecule has 0 amide bonds. The molecule has 5 nitrogen and oxygen atoms in total. The van der Waals surface area contributed by atoms with Gasteiger partial charge in [0.25, 0.3) is 5.69 Å². The Labute approximate surface area is 88.0 Å². The third-order valence-corrected chi connectivity index (χ3v) is 1.62. The van der Waals surface area contributed by atoms with Gasteiger partial charge in [0.1, 0.15) is 0 Å². The van der Waals surface area contributed by atoms with Crippen molar-refractivity contribution in [3.8, 4) is 0 Å². The molecule has 2 N–H and O–H groups in total. The summed E-state index contributed by atoms with van der Waals surface area (Å²) in [6.07, 6.45) is 0. The first-order valence-electron chi connectivity index (χ1n) is 3.87. The summed E-state index contributed by atoms with van der Waals surface area (Å²) < 4.78 is 0. The number of nitro groups is 1. The summed E-state index contributed by atoms with van der Waals surface area (Å²) in [5.41, 5.74) is 6.78. The molecule has 0 bridgehead atoms. The molecule has 0 aliphatic carbocycles. The molecule has 6 heteroatoms. The van der Waals surface area contributed by atoms with Crippen molar-refractivity contribution in [1.29, 1.82) is 0 Å². The Hall–Kier alpha value is -1.17. The Morgan fingerprint density at radius 1 is 1.36 bits per heavy atom.